The highest BCUT2D eigenvalue weighted by Crippen LogP contribution is 2.19. The number of amidine groups is 1. The Kier molecular flexibility index (Phi) is 5.12. The molecule has 5 nitrogen and oxygen atoms in total. The van der Waals surface area contributed by atoms with E-state index in [4.69, 9.17) is 10.8 Å². The van der Waals surface area contributed by atoms with Gasteiger partial charge >= 0.3 is 0 Å². The van der Waals surface area contributed by atoms with E-state index < -0.39 is 0 Å². The maximum atomic E-state index is 12.1. The first kappa shape index (κ1) is 14.5. The monoisotopic (exact) mass is 275 g/mol. The number of carbonyl (C=O) groups is 1. The normalized spacial score (nSPS) is 19.6. The lowest BCUT2D eigenvalue weighted by molar-refractivity contribution is -0.129. The zero-order valence-corrected chi connectivity index (χ0v) is 11.5. The lowest BCUT2D eigenvalue weighted by atomic mass is 10.1. The molecule has 1 aromatic carbocycles. The minimum atomic E-state index is -0.358. The third-order valence-corrected chi connectivity index (χ3v) is 3.64. The molecule has 20 heavy (non-hydrogen) atoms. The molecule has 1 unspecified atom stereocenters. The van der Waals surface area contributed by atoms with Crippen LogP contribution in [0.1, 0.15) is 18.4 Å². The second-order valence-corrected chi connectivity index (χ2v) is 4.98. The summed E-state index contributed by atoms with van der Waals surface area (Å²) in [5, 5.41) is 8.72. The Balaban J connectivity index is 1.80. The first-order valence-electron chi connectivity index (χ1n) is 6.95. The van der Waals surface area contributed by atoms with Crippen LogP contribution in [0.25, 0.3) is 0 Å². The predicted molar refractivity (Wildman–Crippen MR) is 78.2 cm³/mol. The Morgan fingerprint density at radius 2 is 2.15 bits per heavy atom. The first-order chi connectivity index (χ1) is 9.72. The molecule has 0 radical (unpaired) electrons. The van der Waals surface area contributed by atoms with Gasteiger partial charge in [-0.3, -0.25) is 4.79 Å². The van der Waals surface area contributed by atoms with Gasteiger partial charge in [-0.1, -0.05) is 30.3 Å². The number of aliphatic hydroxyl groups is 1. The van der Waals surface area contributed by atoms with Crippen molar-refractivity contribution in [1.82, 2.24) is 4.90 Å². The Hall–Kier alpha value is -1.88. The SMILES string of the molecule is N/C(=N\CO)C1CCN(CCCc2ccccc2)C1=O. The van der Waals surface area contributed by atoms with Crippen molar-refractivity contribution in [2.45, 2.75) is 19.3 Å². The summed E-state index contributed by atoms with van der Waals surface area (Å²) >= 11 is 0. The lowest BCUT2D eigenvalue weighted by Gasteiger charge is -2.16. The summed E-state index contributed by atoms with van der Waals surface area (Å²) in [6.07, 6.45) is 2.61. The van der Waals surface area contributed by atoms with Crippen molar-refractivity contribution in [3.05, 3.63) is 35.9 Å². The van der Waals surface area contributed by atoms with Crippen LogP contribution >= 0.6 is 0 Å². The molecule has 1 aromatic rings. The molecule has 0 aliphatic carbocycles. The van der Waals surface area contributed by atoms with Crippen molar-refractivity contribution in [3.8, 4) is 0 Å². The van der Waals surface area contributed by atoms with Crippen LogP contribution in [0.5, 0.6) is 0 Å². The van der Waals surface area contributed by atoms with Crippen molar-refractivity contribution in [2.75, 3.05) is 19.8 Å². The zero-order chi connectivity index (χ0) is 14.4. The quantitative estimate of drug-likeness (QED) is 0.594. The highest BCUT2D eigenvalue weighted by molar-refractivity contribution is 6.03. The fourth-order valence-corrected chi connectivity index (χ4v) is 2.55. The highest BCUT2D eigenvalue weighted by atomic mass is 16.3. The molecule has 1 atom stereocenters. The minimum Gasteiger partial charge on any atom is -0.387 e. The van der Waals surface area contributed by atoms with Gasteiger partial charge in [0.05, 0.1) is 5.92 Å². The van der Waals surface area contributed by atoms with Crippen molar-refractivity contribution < 1.29 is 9.90 Å². The summed E-state index contributed by atoms with van der Waals surface area (Å²) in [5.74, 6) is -0.0605. The van der Waals surface area contributed by atoms with Gasteiger partial charge in [-0.05, 0) is 24.8 Å². The minimum absolute atomic E-state index is 0.0350. The van der Waals surface area contributed by atoms with Crippen LogP contribution in [-0.2, 0) is 11.2 Å². The van der Waals surface area contributed by atoms with Gasteiger partial charge in [0.2, 0.25) is 5.91 Å². The molecule has 2 rings (SSSR count). The van der Waals surface area contributed by atoms with E-state index >= 15 is 0 Å². The fraction of sp³-hybridized carbons (Fsp3) is 0.467. The zero-order valence-electron chi connectivity index (χ0n) is 11.5. The summed E-state index contributed by atoms with van der Waals surface area (Å²) in [6.45, 7) is 1.11. The topological polar surface area (TPSA) is 78.9 Å². The summed E-state index contributed by atoms with van der Waals surface area (Å²) < 4.78 is 0. The van der Waals surface area contributed by atoms with Crippen LogP contribution < -0.4 is 5.73 Å². The molecule has 1 saturated heterocycles. The molecule has 1 aliphatic heterocycles. The molecule has 1 heterocycles. The summed E-state index contributed by atoms with van der Waals surface area (Å²) in [6, 6.07) is 10.2. The maximum absolute atomic E-state index is 12.1. The number of aryl methyl sites for hydroxylation is 1. The van der Waals surface area contributed by atoms with Gasteiger partial charge in [-0.15, -0.1) is 0 Å². The second kappa shape index (κ2) is 7.05. The molecular formula is C15H21N3O2. The molecule has 1 fully saturated rings. The first-order valence-corrected chi connectivity index (χ1v) is 6.95. The van der Waals surface area contributed by atoms with E-state index in [1.165, 1.54) is 5.56 Å². The van der Waals surface area contributed by atoms with Crippen molar-refractivity contribution in [3.63, 3.8) is 0 Å². The largest absolute Gasteiger partial charge is 0.387 e. The molecule has 0 aromatic heterocycles. The number of hydrogen-bond donors (Lipinski definition) is 2. The number of rotatable bonds is 6. The van der Waals surface area contributed by atoms with Crippen LogP contribution in [0.15, 0.2) is 35.3 Å². The van der Waals surface area contributed by atoms with E-state index in [0.29, 0.717) is 6.42 Å². The van der Waals surface area contributed by atoms with E-state index in [1.807, 2.05) is 23.1 Å². The highest BCUT2D eigenvalue weighted by Gasteiger charge is 2.33. The Bertz CT molecular complexity index is 473. The number of benzene rings is 1. The molecule has 0 saturated carbocycles. The van der Waals surface area contributed by atoms with E-state index in [0.717, 1.165) is 25.9 Å². The standard InChI is InChI=1S/C15H21N3O2/c16-14(17-11-19)13-8-10-18(15(13)20)9-4-7-12-5-2-1-3-6-12/h1-3,5-6,13,19H,4,7-11H2,(H2,16,17). The van der Waals surface area contributed by atoms with Gasteiger partial charge < -0.3 is 15.7 Å². The number of hydrogen-bond acceptors (Lipinski definition) is 3. The number of aliphatic hydroxyl groups excluding tert-OH is 1. The third-order valence-electron chi connectivity index (χ3n) is 3.64. The van der Waals surface area contributed by atoms with Crippen LogP contribution in [0, 0.1) is 5.92 Å². The molecular weight excluding hydrogens is 254 g/mol. The fourth-order valence-electron chi connectivity index (χ4n) is 2.55. The summed E-state index contributed by atoms with van der Waals surface area (Å²) in [7, 11) is 0. The van der Waals surface area contributed by atoms with Gasteiger partial charge in [0.25, 0.3) is 0 Å². The van der Waals surface area contributed by atoms with Crippen LogP contribution in [0.2, 0.25) is 0 Å². The van der Waals surface area contributed by atoms with Crippen LogP contribution in [0.3, 0.4) is 0 Å². The van der Waals surface area contributed by atoms with E-state index in [9.17, 15) is 4.79 Å². The number of aliphatic imine (C=N–C) groups is 1. The number of likely N-dealkylation sites (tertiary alicyclic amines) is 1. The molecule has 108 valence electrons. The van der Waals surface area contributed by atoms with Crippen molar-refractivity contribution in [2.24, 2.45) is 16.6 Å². The van der Waals surface area contributed by atoms with E-state index in [1.54, 1.807) is 0 Å². The number of nitrogens with zero attached hydrogens (tertiary/aromatic N) is 2. The Morgan fingerprint density at radius 1 is 1.40 bits per heavy atom. The maximum Gasteiger partial charge on any atom is 0.233 e. The van der Waals surface area contributed by atoms with Gasteiger partial charge in [0.15, 0.2) is 0 Å². The number of nitrogens with two attached hydrogens (primary N) is 1. The lowest BCUT2D eigenvalue weighted by Crippen LogP contribution is -2.34. The Morgan fingerprint density at radius 3 is 2.85 bits per heavy atom. The van der Waals surface area contributed by atoms with Gasteiger partial charge in [0.1, 0.15) is 12.6 Å². The summed E-state index contributed by atoms with van der Waals surface area (Å²) in [4.78, 5) is 17.7. The average molecular weight is 275 g/mol. The third kappa shape index (κ3) is 3.57. The Labute approximate surface area is 119 Å². The van der Waals surface area contributed by atoms with Crippen LogP contribution in [-0.4, -0.2) is 41.6 Å². The average Bonchev–Trinajstić information content (AvgIpc) is 2.82. The van der Waals surface area contributed by atoms with Crippen molar-refractivity contribution in [1.29, 1.82) is 0 Å². The van der Waals surface area contributed by atoms with E-state index in [2.05, 4.69) is 17.1 Å². The van der Waals surface area contributed by atoms with Gasteiger partial charge in [-0.2, -0.15) is 0 Å². The molecule has 1 aliphatic rings. The smallest absolute Gasteiger partial charge is 0.233 e. The molecule has 0 bridgehead atoms. The second-order valence-electron chi connectivity index (χ2n) is 4.98. The van der Waals surface area contributed by atoms with Gasteiger partial charge in [-0.25, -0.2) is 4.99 Å². The van der Waals surface area contributed by atoms with Crippen molar-refractivity contribution >= 4 is 11.7 Å². The molecule has 5 heteroatoms. The van der Waals surface area contributed by atoms with E-state index in [-0.39, 0.29) is 24.4 Å². The van der Waals surface area contributed by atoms with Gasteiger partial charge in [0, 0.05) is 13.1 Å². The predicted octanol–water partition coefficient (Wildman–Crippen LogP) is 0.775. The number of amides is 1. The summed E-state index contributed by atoms with van der Waals surface area (Å²) in [5.41, 5.74) is 6.99. The molecule has 1 amide bonds. The molecule has 3 N–H and O–H groups in total. The van der Waals surface area contributed by atoms with Crippen LogP contribution in [0.4, 0.5) is 0 Å². The number of carbonyl (C=O) groups excluding carboxylic acids is 1. The molecule has 0 spiro atoms.